The molecule has 2 saturated carbocycles. The van der Waals surface area contributed by atoms with E-state index < -0.39 is 0 Å². The molecule has 4 heteroatoms. The Kier molecular flexibility index (Phi) is 5.08. The lowest BCUT2D eigenvalue weighted by atomic mass is 9.47. The first-order chi connectivity index (χ1) is 14.6. The van der Waals surface area contributed by atoms with E-state index in [0.717, 1.165) is 24.9 Å². The summed E-state index contributed by atoms with van der Waals surface area (Å²) in [5.41, 5.74) is 4.31. The van der Waals surface area contributed by atoms with Gasteiger partial charge in [-0.3, -0.25) is 4.79 Å². The molecule has 5 rings (SSSR count). The van der Waals surface area contributed by atoms with E-state index in [1.165, 1.54) is 43.2 Å². The smallest absolute Gasteiger partial charge is 0.309 e. The lowest BCUT2D eigenvalue weighted by molar-refractivity contribution is -0.175. The van der Waals surface area contributed by atoms with Crippen molar-refractivity contribution in [2.75, 3.05) is 13.7 Å². The zero-order valence-corrected chi connectivity index (χ0v) is 17.2. The molecule has 0 bridgehead atoms. The first-order valence-electron chi connectivity index (χ1n) is 10.9. The van der Waals surface area contributed by atoms with E-state index in [4.69, 9.17) is 4.74 Å². The molecule has 2 fully saturated rings. The molecule has 2 aromatic carbocycles. The monoisotopic (exact) mass is 403 g/mol. The summed E-state index contributed by atoms with van der Waals surface area (Å²) >= 11 is 0. The van der Waals surface area contributed by atoms with Gasteiger partial charge in [-0.05, 0) is 91.4 Å². The predicted molar refractivity (Wildman–Crippen MR) is 113 cm³/mol. The maximum Gasteiger partial charge on any atom is 0.309 e. The fourth-order valence-electron chi connectivity index (χ4n) is 5.63. The molecule has 5 unspecified atom stereocenters. The second-order valence-corrected chi connectivity index (χ2v) is 8.79. The Morgan fingerprint density at radius 2 is 1.90 bits per heavy atom. The molecular formula is C26H26FNO2. The summed E-state index contributed by atoms with van der Waals surface area (Å²) in [5.74, 6) is 7.66. The third kappa shape index (κ3) is 3.42. The van der Waals surface area contributed by atoms with E-state index in [1.807, 2.05) is 12.1 Å². The van der Waals surface area contributed by atoms with Gasteiger partial charge in [0.2, 0.25) is 0 Å². The summed E-state index contributed by atoms with van der Waals surface area (Å²) in [6, 6.07) is 13.1. The number of esters is 1. The molecule has 2 aromatic rings. The molecule has 30 heavy (non-hydrogen) atoms. The van der Waals surface area contributed by atoms with Gasteiger partial charge in [-0.25, -0.2) is 4.39 Å². The lowest BCUT2D eigenvalue weighted by Gasteiger charge is -2.58. The highest BCUT2D eigenvalue weighted by molar-refractivity contribution is 5.74. The van der Waals surface area contributed by atoms with Gasteiger partial charge in [-0.1, -0.05) is 24.0 Å². The summed E-state index contributed by atoms with van der Waals surface area (Å²) in [6.07, 6.45) is 4.52. The van der Waals surface area contributed by atoms with Crippen molar-refractivity contribution in [1.29, 1.82) is 0 Å². The zero-order chi connectivity index (χ0) is 20.7. The van der Waals surface area contributed by atoms with Gasteiger partial charge in [0.1, 0.15) is 5.82 Å². The molecule has 0 amide bonds. The zero-order valence-electron chi connectivity index (χ0n) is 17.2. The Labute approximate surface area is 177 Å². The average molecular weight is 403 g/mol. The van der Waals surface area contributed by atoms with Crippen LogP contribution in [-0.2, 0) is 16.0 Å². The third-order valence-electron chi connectivity index (χ3n) is 7.33. The molecule has 0 saturated heterocycles. The number of benzene rings is 2. The van der Waals surface area contributed by atoms with Crippen LogP contribution in [0.5, 0.6) is 0 Å². The first-order valence-corrected chi connectivity index (χ1v) is 10.9. The number of fused-ring (bicyclic) bond motifs is 2. The molecule has 1 N–H and O–H groups in total. The van der Waals surface area contributed by atoms with E-state index in [1.54, 1.807) is 6.07 Å². The van der Waals surface area contributed by atoms with Crippen molar-refractivity contribution in [2.45, 2.75) is 31.7 Å². The summed E-state index contributed by atoms with van der Waals surface area (Å²) < 4.78 is 18.4. The van der Waals surface area contributed by atoms with Crippen molar-refractivity contribution in [3.63, 3.8) is 0 Å². The van der Waals surface area contributed by atoms with E-state index in [-0.39, 0.29) is 17.7 Å². The van der Waals surface area contributed by atoms with Gasteiger partial charge in [0.15, 0.2) is 0 Å². The van der Waals surface area contributed by atoms with Crippen LogP contribution in [-0.4, -0.2) is 19.6 Å². The largest absolute Gasteiger partial charge is 0.469 e. The predicted octanol–water partition coefficient (Wildman–Crippen LogP) is 4.25. The minimum absolute atomic E-state index is 0.0314. The molecule has 5 atom stereocenters. The van der Waals surface area contributed by atoms with Gasteiger partial charge in [0.25, 0.3) is 0 Å². The van der Waals surface area contributed by atoms with Crippen molar-refractivity contribution in [3.8, 4) is 11.8 Å². The number of ether oxygens (including phenoxy) is 1. The topological polar surface area (TPSA) is 38.3 Å². The van der Waals surface area contributed by atoms with Gasteiger partial charge in [0.05, 0.1) is 13.0 Å². The number of carbonyl (C=O) groups excluding carboxylic acids is 1. The molecule has 3 nitrogen and oxygen atoms in total. The Morgan fingerprint density at radius 3 is 2.63 bits per heavy atom. The number of nitrogens with one attached hydrogen (secondary N) is 1. The van der Waals surface area contributed by atoms with Crippen LogP contribution in [0, 0.1) is 41.3 Å². The molecule has 3 aliphatic rings. The van der Waals surface area contributed by atoms with Crippen LogP contribution in [0.3, 0.4) is 0 Å². The summed E-state index contributed by atoms with van der Waals surface area (Å²) in [4.78, 5) is 12.1. The van der Waals surface area contributed by atoms with E-state index in [2.05, 4.69) is 29.3 Å². The van der Waals surface area contributed by atoms with Crippen LogP contribution in [0.15, 0.2) is 42.5 Å². The highest BCUT2D eigenvalue weighted by Crippen LogP contribution is 2.58. The van der Waals surface area contributed by atoms with Crippen LogP contribution < -0.4 is 5.32 Å². The molecule has 0 aromatic heterocycles. The number of hydrogen-bond donors (Lipinski definition) is 1. The third-order valence-corrected chi connectivity index (χ3v) is 7.33. The van der Waals surface area contributed by atoms with Crippen LogP contribution in [0.2, 0.25) is 0 Å². The SMILES string of the molecule is COC(=O)C1C2CCC2C1CNC1CCc2cc(C#Cc3cccc(F)c3)ccc21. The quantitative estimate of drug-likeness (QED) is 0.613. The lowest BCUT2D eigenvalue weighted by Crippen LogP contribution is -2.59. The average Bonchev–Trinajstić information content (AvgIpc) is 3.14. The maximum absolute atomic E-state index is 13.3. The number of rotatable bonds is 4. The van der Waals surface area contributed by atoms with Gasteiger partial charge >= 0.3 is 5.97 Å². The van der Waals surface area contributed by atoms with Gasteiger partial charge in [-0.2, -0.15) is 0 Å². The van der Waals surface area contributed by atoms with Gasteiger partial charge in [0, 0.05) is 17.2 Å². The molecule has 0 spiro atoms. The van der Waals surface area contributed by atoms with Crippen molar-refractivity contribution < 1.29 is 13.9 Å². The normalized spacial score (nSPS) is 28.3. The molecular weight excluding hydrogens is 377 g/mol. The van der Waals surface area contributed by atoms with Crippen LogP contribution >= 0.6 is 0 Å². The standard InChI is InChI=1S/C26H26FNO2/c1-30-26(29)25-22-11-10-21(22)23(25)15-28-24-12-8-18-13-17(7-9-20(18)24)6-5-16-3-2-4-19(27)14-16/h2-4,7,9,13-14,21-25,28H,8,10-12,15H2,1H3. The molecule has 0 radical (unpaired) electrons. The molecule has 154 valence electrons. The fourth-order valence-corrected chi connectivity index (χ4v) is 5.63. The molecule has 0 aliphatic heterocycles. The summed E-state index contributed by atoms with van der Waals surface area (Å²) in [5, 5.41) is 3.73. The van der Waals surface area contributed by atoms with Crippen LogP contribution in [0.25, 0.3) is 0 Å². The summed E-state index contributed by atoms with van der Waals surface area (Å²) in [6.45, 7) is 0.881. The van der Waals surface area contributed by atoms with E-state index in [0.29, 0.717) is 29.4 Å². The number of aryl methyl sites for hydroxylation is 1. The number of hydrogen-bond acceptors (Lipinski definition) is 3. The Bertz CT molecular complexity index is 1040. The van der Waals surface area contributed by atoms with Crippen molar-refractivity contribution in [2.24, 2.45) is 23.7 Å². The minimum Gasteiger partial charge on any atom is -0.469 e. The fraction of sp³-hybridized carbons (Fsp3) is 0.423. The van der Waals surface area contributed by atoms with Crippen molar-refractivity contribution >= 4 is 5.97 Å². The number of methoxy groups -OCH3 is 1. The second kappa shape index (κ2) is 7.89. The second-order valence-electron chi connectivity index (χ2n) is 8.79. The highest BCUT2D eigenvalue weighted by atomic mass is 19.1. The van der Waals surface area contributed by atoms with Gasteiger partial charge in [-0.15, -0.1) is 0 Å². The molecule has 3 aliphatic carbocycles. The maximum atomic E-state index is 13.3. The summed E-state index contributed by atoms with van der Waals surface area (Å²) in [7, 11) is 1.50. The molecule has 0 heterocycles. The first kappa shape index (κ1) is 19.3. The van der Waals surface area contributed by atoms with E-state index >= 15 is 0 Å². The Morgan fingerprint density at radius 1 is 1.10 bits per heavy atom. The Hall–Kier alpha value is -2.64. The number of carbonyl (C=O) groups is 1. The highest BCUT2D eigenvalue weighted by Gasteiger charge is 2.58. The minimum atomic E-state index is -0.265. The van der Waals surface area contributed by atoms with Crippen LogP contribution in [0.1, 0.15) is 47.6 Å². The van der Waals surface area contributed by atoms with Crippen molar-refractivity contribution in [3.05, 3.63) is 70.5 Å². The van der Waals surface area contributed by atoms with Gasteiger partial charge < -0.3 is 10.1 Å². The van der Waals surface area contributed by atoms with Crippen LogP contribution in [0.4, 0.5) is 4.39 Å². The number of halogens is 1. The van der Waals surface area contributed by atoms with E-state index in [9.17, 15) is 9.18 Å². The van der Waals surface area contributed by atoms with Crippen molar-refractivity contribution in [1.82, 2.24) is 5.32 Å². The Balaban J connectivity index is 1.24.